The lowest BCUT2D eigenvalue weighted by Crippen LogP contribution is -2.13. The lowest BCUT2D eigenvalue weighted by atomic mass is 9.77. The van der Waals surface area contributed by atoms with E-state index in [1.807, 2.05) is 6.92 Å². The lowest BCUT2D eigenvalue weighted by Gasteiger charge is -2.29. The molecule has 22 heavy (non-hydrogen) atoms. The Labute approximate surface area is 137 Å². The molecule has 0 unspecified atom stereocenters. The summed E-state index contributed by atoms with van der Waals surface area (Å²) < 4.78 is 5.54. The fourth-order valence-electron chi connectivity index (χ4n) is 3.82. The minimum Gasteiger partial charge on any atom is -0.494 e. The number of benzene rings is 1. The predicted octanol–water partition coefficient (Wildman–Crippen LogP) is 6.72. The van der Waals surface area contributed by atoms with Gasteiger partial charge >= 0.3 is 0 Å². The molecule has 1 aliphatic rings. The van der Waals surface area contributed by atoms with Gasteiger partial charge in [0.05, 0.1) is 6.61 Å². The SMILES string of the molecule is CCCCCCCC1CCC(c2ccc(OCC)cc2)CC1. The molecule has 1 saturated carbocycles. The van der Waals surface area contributed by atoms with Crippen molar-refractivity contribution >= 4 is 0 Å². The summed E-state index contributed by atoms with van der Waals surface area (Å²) >= 11 is 0. The molecule has 1 nitrogen and oxygen atoms in total. The number of hydrogen-bond donors (Lipinski definition) is 0. The minimum atomic E-state index is 0.753. The van der Waals surface area contributed by atoms with Gasteiger partial charge in [0, 0.05) is 0 Å². The van der Waals surface area contributed by atoms with Crippen LogP contribution < -0.4 is 4.74 Å². The third-order valence-corrected chi connectivity index (χ3v) is 5.23. The largest absolute Gasteiger partial charge is 0.494 e. The van der Waals surface area contributed by atoms with Gasteiger partial charge in [-0.3, -0.25) is 0 Å². The molecule has 0 aliphatic heterocycles. The molecule has 0 radical (unpaired) electrons. The standard InChI is InChI=1S/C21H34O/c1-3-5-6-7-8-9-18-10-12-19(13-11-18)20-14-16-21(17-15-20)22-4-2/h14-19H,3-13H2,1-2H3. The second kappa shape index (κ2) is 9.92. The summed E-state index contributed by atoms with van der Waals surface area (Å²) in [5, 5.41) is 0. The van der Waals surface area contributed by atoms with Crippen LogP contribution in [-0.2, 0) is 0 Å². The maximum absolute atomic E-state index is 5.54. The molecule has 0 spiro atoms. The van der Waals surface area contributed by atoms with Crippen LogP contribution in [0.15, 0.2) is 24.3 Å². The smallest absolute Gasteiger partial charge is 0.119 e. The van der Waals surface area contributed by atoms with Crippen LogP contribution in [0.25, 0.3) is 0 Å². The average molecular weight is 303 g/mol. The van der Waals surface area contributed by atoms with E-state index in [1.54, 1.807) is 0 Å². The first kappa shape index (κ1) is 17.4. The molecule has 0 saturated heterocycles. The van der Waals surface area contributed by atoms with Crippen LogP contribution in [0.4, 0.5) is 0 Å². The van der Waals surface area contributed by atoms with Crippen LogP contribution in [0, 0.1) is 5.92 Å². The molecule has 1 heteroatoms. The third-order valence-electron chi connectivity index (χ3n) is 5.23. The number of hydrogen-bond acceptors (Lipinski definition) is 1. The van der Waals surface area contributed by atoms with Gasteiger partial charge in [-0.1, -0.05) is 57.6 Å². The maximum Gasteiger partial charge on any atom is 0.119 e. The molecule has 0 aromatic heterocycles. The first-order valence-corrected chi connectivity index (χ1v) is 9.56. The first-order chi connectivity index (χ1) is 10.8. The zero-order chi connectivity index (χ0) is 15.6. The highest BCUT2D eigenvalue weighted by atomic mass is 16.5. The summed E-state index contributed by atoms with van der Waals surface area (Å²) in [5.41, 5.74) is 1.52. The van der Waals surface area contributed by atoms with Crippen molar-refractivity contribution in [3.63, 3.8) is 0 Å². The van der Waals surface area contributed by atoms with Crippen molar-refractivity contribution in [3.05, 3.63) is 29.8 Å². The van der Waals surface area contributed by atoms with Crippen LogP contribution in [-0.4, -0.2) is 6.61 Å². The van der Waals surface area contributed by atoms with Gasteiger partial charge in [-0.05, 0) is 62.1 Å². The Hall–Kier alpha value is -0.980. The van der Waals surface area contributed by atoms with E-state index in [-0.39, 0.29) is 0 Å². The van der Waals surface area contributed by atoms with Gasteiger partial charge in [0.2, 0.25) is 0 Å². The Morgan fingerprint density at radius 1 is 0.864 bits per heavy atom. The normalized spacial score (nSPS) is 21.7. The zero-order valence-electron chi connectivity index (χ0n) is 14.7. The summed E-state index contributed by atoms with van der Waals surface area (Å²) in [6, 6.07) is 8.83. The van der Waals surface area contributed by atoms with Crippen molar-refractivity contribution in [1.82, 2.24) is 0 Å². The molecule has 1 aliphatic carbocycles. The van der Waals surface area contributed by atoms with E-state index in [9.17, 15) is 0 Å². The maximum atomic E-state index is 5.54. The van der Waals surface area contributed by atoms with Crippen LogP contribution in [0.2, 0.25) is 0 Å². The third kappa shape index (κ3) is 5.66. The van der Waals surface area contributed by atoms with Crippen LogP contribution in [0.5, 0.6) is 5.75 Å². The number of rotatable bonds is 9. The van der Waals surface area contributed by atoms with E-state index in [0.29, 0.717) is 0 Å². The van der Waals surface area contributed by atoms with Crippen molar-refractivity contribution in [2.75, 3.05) is 6.61 Å². The van der Waals surface area contributed by atoms with Gasteiger partial charge in [0.25, 0.3) is 0 Å². The van der Waals surface area contributed by atoms with Crippen LogP contribution in [0.3, 0.4) is 0 Å². The highest BCUT2D eigenvalue weighted by Gasteiger charge is 2.21. The molecule has 1 fully saturated rings. The Morgan fingerprint density at radius 2 is 1.55 bits per heavy atom. The molecular weight excluding hydrogens is 268 g/mol. The molecule has 0 bridgehead atoms. The predicted molar refractivity (Wildman–Crippen MR) is 95.7 cm³/mol. The van der Waals surface area contributed by atoms with E-state index in [1.165, 1.54) is 69.8 Å². The Bertz CT molecular complexity index is 387. The van der Waals surface area contributed by atoms with Gasteiger partial charge in [0.1, 0.15) is 5.75 Å². The van der Waals surface area contributed by atoms with Gasteiger partial charge < -0.3 is 4.74 Å². The molecular formula is C21H34O. The van der Waals surface area contributed by atoms with Gasteiger partial charge in [0.15, 0.2) is 0 Å². The molecule has 1 aromatic carbocycles. The van der Waals surface area contributed by atoms with E-state index < -0.39 is 0 Å². The number of ether oxygens (including phenoxy) is 1. The molecule has 0 atom stereocenters. The lowest BCUT2D eigenvalue weighted by molar-refractivity contribution is 0.301. The fourth-order valence-corrected chi connectivity index (χ4v) is 3.82. The summed E-state index contributed by atoms with van der Waals surface area (Å²) in [6.07, 6.45) is 14.2. The van der Waals surface area contributed by atoms with Crippen molar-refractivity contribution in [1.29, 1.82) is 0 Å². The van der Waals surface area contributed by atoms with Gasteiger partial charge in [-0.2, -0.15) is 0 Å². The Morgan fingerprint density at radius 3 is 2.18 bits per heavy atom. The topological polar surface area (TPSA) is 9.23 Å². The highest BCUT2D eigenvalue weighted by Crippen LogP contribution is 2.38. The summed E-state index contributed by atoms with van der Waals surface area (Å²) in [7, 11) is 0. The molecule has 0 amide bonds. The van der Waals surface area contributed by atoms with E-state index in [4.69, 9.17) is 4.74 Å². The van der Waals surface area contributed by atoms with E-state index in [2.05, 4.69) is 31.2 Å². The average Bonchev–Trinajstić information content (AvgIpc) is 2.56. The number of unbranched alkanes of at least 4 members (excludes halogenated alkanes) is 4. The molecule has 2 rings (SSSR count). The Balaban J connectivity index is 1.68. The van der Waals surface area contributed by atoms with Gasteiger partial charge in [-0.15, -0.1) is 0 Å². The van der Waals surface area contributed by atoms with Crippen molar-refractivity contribution in [2.24, 2.45) is 5.92 Å². The second-order valence-electron chi connectivity index (χ2n) is 6.92. The van der Waals surface area contributed by atoms with Crippen molar-refractivity contribution in [3.8, 4) is 5.75 Å². The summed E-state index contributed by atoms with van der Waals surface area (Å²) in [6.45, 7) is 5.09. The molecule has 0 heterocycles. The highest BCUT2D eigenvalue weighted by molar-refractivity contribution is 5.29. The second-order valence-corrected chi connectivity index (χ2v) is 6.92. The Kier molecular flexibility index (Phi) is 7.83. The van der Waals surface area contributed by atoms with Gasteiger partial charge in [-0.25, -0.2) is 0 Å². The summed E-state index contributed by atoms with van der Waals surface area (Å²) in [5.74, 6) is 2.79. The quantitative estimate of drug-likeness (QED) is 0.460. The summed E-state index contributed by atoms with van der Waals surface area (Å²) in [4.78, 5) is 0. The first-order valence-electron chi connectivity index (χ1n) is 9.56. The monoisotopic (exact) mass is 302 g/mol. The molecule has 124 valence electrons. The van der Waals surface area contributed by atoms with Crippen molar-refractivity contribution in [2.45, 2.75) is 84.0 Å². The molecule has 1 aromatic rings. The van der Waals surface area contributed by atoms with E-state index >= 15 is 0 Å². The zero-order valence-corrected chi connectivity index (χ0v) is 14.7. The van der Waals surface area contributed by atoms with E-state index in [0.717, 1.165) is 24.2 Å². The minimum absolute atomic E-state index is 0.753. The van der Waals surface area contributed by atoms with Crippen LogP contribution in [0.1, 0.15) is 89.5 Å². The fraction of sp³-hybridized carbons (Fsp3) is 0.714. The van der Waals surface area contributed by atoms with Crippen molar-refractivity contribution < 1.29 is 4.74 Å². The molecule has 0 N–H and O–H groups in total. The van der Waals surface area contributed by atoms with Crippen LogP contribution >= 0.6 is 0 Å².